The highest BCUT2D eigenvalue weighted by molar-refractivity contribution is 5.56. The molecule has 7 nitrogen and oxygen atoms in total. The van der Waals surface area contributed by atoms with E-state index in [2.05, 4.69) is 15.2 Å². The number of nitrogens with one attached hydrogen (secondary N) is 1. The van der Waals surface area contributed by atoms with Crippen molar-refractivity contribution in [3.05, 3.63) is 27.9 Å². The molecule has 2 aliphatic rings. The van der Waals surface area contributed by atoms with Crippen LogP contribution >= 0.6 is 0 Å². The maximum atomic E-state index is 11.3. The van der Waals surface area contributed by atoms with E-state index in [-0.39, 0.29) is 16.1 Å². The topological polar surface area (TPSA) is 80.5 Å². The Labute approximate surface area is 136 Å². The normalized spacial score (nSPS) is 21.3. The number of aryl methyl sites for hydroxylation is 1. The minimum Gasteiger partial charge on any atom is -0.381 e. The van der Waals surface area contributed by atoms with Gasteiger partial charge in [0, 0.05) is 37.6 Å². The maximum absolute atomic E-state index is 11.3. The van der Waals surface area contributed by atoms with E-state index in [1.54, 1.807) is 12.3 Å². The van der Waals surface area contributed by atoms with Gasteiger partial charge in [-0.3, -0.25) is 15.0 Å². The Kier molecular flexibility index (Phi) is 4.77. The van der Waals surface area contributed by atoms with Crippen LogP contribution < -0.4 is 5.32 Å². The Balaban J connectivity index is 1.78. The van der Waals surface area contributed by atoms with Gasteiger partial charge in [0.05, 0.1) is 4.92 Å². The predicted molar refractivity (Wildman–Crippen MR) is 87.7 cm³/mol. The molecule has 0 aliphatic carbocycles. The van der Waals surface area contributed by atoms with E-state index in [9.17, 15) is 10.1 Å². The van der Waals surface area contributed by atoms with E-state index in [1.807, 2.05) is 6.92 Å². The fourth-order valence-electron chi connectivity index (χ4n) is 3.63. The van der Waals surface area contributed by atoms with E-state index in [4.69, 9.17) is 4.74 Å². The molecule has 23 heavy (non-hydrogen) atoms. The lowest BCUT2D eigenvalue weighted by Crippen LogP contribution is -2.55. The first-order chi connectivity index (χ1) is 11.1. The molecular formula is C16H24N4O3. The number of hydrogen-bond acceptors (Lipinski definition) is 6. The molecule has 3 heterocycles. The van der Waals surface area contributed by atoms with E-state index in [1.165, 1.54) is 12.8 Å². The zero-order valence-electron chi connectivity index (χ0n) is 13.6. The quantitative estimate of drug-likeness (QED) is 0.662. The molecule has 1 aromatic rings. The molecule has 1 N–H and O–H groups in total. The summed E-state index contributed by atoms with van der Waals surface area (Å²) in [7, 11) is 0. The highest BCUT2D eigenvalue weighted by Crippen LogP contribution is 2.32. The van der Waals surface area contributed by atoms with Gasteiger partial charge >= 0.3 is 5.69 Å². The summed E-state index contributed by atoms with van der Waals surface area (Å²) in [4.78, 5) is 17.7. The SMILES string of the molecule is Cc1cnc(NCC2(N3CCCC3)CCOCC2)c([N+](=O)[O-])c1. The molecule has 0 spiro atoms. The first-order valence-electron chi connectivity index (χ1n) is 8.28. The molecule has 2 aliphatic heterocycles. The molecule has 2 fully saturated rings. The standard InChI is InChI=1S/C16H24N4O3/c1-13-10-14(20(21)22)15(17-11-13)18-12-16(4-8-23-9-5-16)19-6-2-3-7-19/h10-11H,2-9,12H2,1H3,(H,17,18). The molecule has 1 aromatic heterocycles. The fourth-order valence-corrected chi connectivity index (χ4v) is 3.63. The molecule has 0 aromatic carbocycles. The Morgan fingerprint density at radius 1 is 1.39 bits per heavy atom. The van der Waals surface area contributed by atoms with Crippen molar-refractivity contribution in [2.45, 2.75) is 38.1 Å². The second kappa shape index (κ2) is 6.80. The number of ether oxygens (including phenoxy) is 1. The van der Waals surface area contributed by atoms with Crippen LogP contribution in [-0.4, -0.2) is 53.2 Å². The summed E-state index contributed by atoms with van der Waals surface area (Å²) >= 11 is 0. The molecule has 2 saturated heterocycles. The summed E-state index contributed by atoms with van der Waals surface area (Å²) in [5.74, 6) is 0.366. The summed E-state index contributed by atoms with van der Waals surface area (Å²) in [5, 5.41) is 14.5. The number of rotatable bonds is 5. The zero-order chi connectivity index (χ0) is 16.3. The largest absolute Gasteiger partial charge is 0.381 e. The van der Waals surface area contributed by atoms with E-state index in [0.717, 1.165) is 44.7 Å². The van der Waals surface area contributed by atoms with Crippen LogP contribution in [0.1, 0.15) is 31.2 Å². The predicted octanol–water partition coefficient (Wildman–Crippen LogP) is 2.36. The lowest BCUT2D eigenvalue weighted by atomic mass is 9.88. The van der Waals surface area contributed by atoms with Gasteiger partial charge in [0.1, 0.15) is 0 Å². The Hall–Kier alpha value is -1.73. The molecule has 3 rings (SSSR count). The van der Waals surface area contributed by atoms with Gasteiger partial charge < -0.3 is 10.1 Å². The van der Waals surface area contributed by atoms with Crippen molar-refractivity contribution >= 4 is 11.5 Å². The number of aromatic nitrogens is 1. The van der Waals surface area contributed by atoms with Gasteiger partial charge in [0.2, 0.25) is 5.82 Å². The Bertz CT molecular complexity index is 566. The van der Waals surface area contributed by atoms with Gasteiger partial charge in [0.25, 0.3) is 0 Å². The van der Waals surface area contributed by atoms with Gasteiger partial charge in [-0.05, 0) is 51.3 Å². The highest BCUT2D eigenvalue weighted by atomic mass is 16.6. The number of nitro groups is 1. The van der Waals surface area contributed by atoms with Gasteiger partial charge in [-0.2, -0.15) is 0 Å². The van der Waals surface area contributed by atoms with Crippen molar-refractivity contribution in [3.63, 3.8) is 0 Å². The van der Waals surface area contributed by atoms with Crippen molar-refractivity contribution < 1.29 is 9.66 Å². The molecule has 0 atom stereocenters. The number of hydrogen-bond donors (Lipinski definition) is 1. The third-order valence-corrected chi connectivity index (χ3v) is 4.99. The van der Waals surface area contributed by atoms with Crippen LogP contribution in [0.25, 0.3) is 0 Å². The molecule has 0 radical (unpaired) electrons. The molecule has 0 unspecified atom stereocenters. The van der Waals surface area contributed by atoms with Gasteiger partial charge in [-0.15, -0.1) is 0 Å². The second-order valence-electron chi connectivity index (χ2n) is 6.52. The van der Waals surface area contributed by atoms with Gasteiger partial charge in [0.15, 0.2) is 0 Å². The number of pyridine rings is 1. The minimum absolute atomic E-state index is 0.0230. The third-order valence-electron chi connectivity index (χ3n) is 4.99. The molecule has 0 saturated carbocycles. The summed E-state index contributed by atoms with van der Waals surface area (Å²) in [6, 6.07) is 1.57. The lowest BCUT2D eigenvalue weighted by Gasteiger charge is -2.44. The highest BCUT2D eigenvalue weighted by Gasteiger charge is 2.39. The number of nitrogens with zero attached hydrogens (tertiary/aromatic N) is 3. The first kappa shape index (κ1) is 16.1. The molecular weight excluding hydrogens is 296 g/mol. The van der Waals surface area contributed by atoms with Crippen LogP contribution in [0.5, 0.6) is 0 Å². The van der Waals surface area contributed by atoms with Crippen molar-refractivity contribution in [3.8, 4) is 0 Å². The average Bonchev–Trinajstić information content (AvgIpc) is 3.09. The summed E-state index contributed by atoms with van der Waals surface area (Å²) in [5.41, 5.74) is 0.867. The van der Waals surface area contributed by atoms with Crippen molar-refractivity contribution in [2.24, 2.45) is 0 Å². The zero-order valence-corrected chi connectivity index (χ0v) is 13.6. The van der Waals surface area contributed by atoms with Gasteiger partial charge in [-0.25, -0.2) is 4.98 Å². The van der Waals surface area contributed by atoms with Crippen molar-refractivity contribution in [1.82, 2.24) is 9.88 Å². The lowest BCUT2D eigenvalue weighted by molar-refractivity contribution is -0.384. The van der Waals surface area contributed by atoms with Crippen LogP contribution in [0.2, 0.25) is 0 Å². The maximum Gasteiger partial charge on any atom is 0.311 e. The molecule has 0 amide bonds. The van der Waals surface area contributed by atoms with Crippen LogP contribution in [0.3, 0.4) is 0 Å². The summed E-state index contributed by atoms with van der Waals surface area (Å²) in [6.45, 7) is 6.20. The van der Waals surface area contributed by atoms with Gasteiger partial charge in [-0.1, -0.05) is 0 Å². The first-order valence-corrected chi connectivity index (χ1v) is 8.28. The molecule has 7 heteroatoms. The van der Waals surface area contributed by atoms with Crippen LogP contribution in [0, 0.1) is 17.0 Å². The molecule has 126 valence electrons. The number of anilines is 1. The number of likely N-dealkylation sites (tertiary alicyclic amines) is 1. The van der Waals surface area contributed by atoms with E-state index in [0.29, 0.717) is 12.4 Å². The second-order valence-corrected chi connectivity index (χ2v) is 6.52. The Morgan fingerprint density at radius 2 is 2.09 bits per heavy atom. The van der Waals surface area contributed by atoms with E-state index >= 15 is 0 Å². The van der Waals surface area contributed by atoms with Crippen LogP contribution in [-0.2, 0) is 4.74 Å². The minimum atomic E-state index is -0.366. The van der Waals surface area contributed by atoms with Crippen LogP contribution in [0.4, 0.5) is 11.5 Å². The monoisotopic (exact) mass is 320 g/mol. The van der Waals surface area contributed by atoms with Crippen LogP contribution in [0.15, 0.2) is 12.3 Å². The summed E-state index contributed by atoms with van der Waals surface area (Å²) in [6.07, 6.45) is 6.04. The van der Waals surface area contributed by atoms with Crippen molar-refractivity contribution in [1.29, 1.82) is 0 Å². The van der Waals surface area contributed by atoms with E-state index < -0.39 is 0 Å². The molecule has 0 bridgehead atoms. The van der Waals surface area contributed by atoms with Crippen molar-refractivity contribution in [2.75, 3.05) is 38.2 Å². The smallest absolute Gasteiger partial charge is 0.311 e. The fraction of sp³-hybridized carbons (Fsp3) is 0.688. The average molecular weight is 320 g/mol. The Morgan fingerprint density at radius 3 is 2.74 bits per heavy atom. The summed E-state index contributed by atoms with van der Waals surface area (Å²) < 4.78 is 5.54. The third kappa shape index (κ3) is 3.45.